The zero-order chi connectivity index (χ0) is 12.6. The highest BCUT2D eigenvalue weighted by atomic mass is 16.3. The largest absolute Gasteiger partial charge is 0.396 e. The fourth-order valence-corrected chi connectivity index (χ4v) is 3.09. The molecule has 0 saturated heterocycles. The number of aryl methyl sites for hydroxylation is 2. The Balaban J connectivity index is 1.75. The van der Waals surface area contributed by atoms with E-state index in [1.54, 1.807) is 11.1 Å². The van der Waals surface area contributed by atoms with Crippen LogP contribution < -0.4 is 4.90 Å². The number of fused-ring (bicyclic) bond motifs is 1. The molecule has 0 amide bonds. The topological polar surface area (TPSA) is 23.5 Å². The van der Waals surface area contributed by atoms with Crippen LogP contribution in [0.3, 0.4) is 0 Å². The van der Waals surface area contributed by atoms with Gasteiger partial charge in [0.25, 0.3) is 0 Å². The molecule has 0 unspecified atom stereocenters. The summed E-state index contributed by atoms with van der Waals surface area (Å²) in [6.07, 6.45) is 7.52. The van der Waals surface area contributed by atoms with Gasteiger partial charge in [-0.15, -0.1) is 0 Å². The maximum Gasteiger partial charge on any atom is 0.0504 e. The number of benzene rings is 1. The van der Waals surface area contributed by atoms with Crippen molar-refractivity contribution in [1.82, 2.24) is 0 Å². The van der Waals surface area contributed by atoms with Gasteiger partial charge in [0.1, 0.15) is 0 Å². The highest BCUT2D eigenvalue weighted by Crippen LogP contribution is 2.46. The highest BCUT2D eigenvalue weighted by Gasteiger charge is 2.42. The van der Waals surface area contributed by atoms with Gasteiger partial charge in [-0.2, -0.15) is 0 Å². The van der Waals surface area contributed by atoms with Gasteiger partial charge in [0.15, 0.2) is 0 Å². The predicted molar refractivity (Wildman–Crippen MR) is 75.1 cm³/mol. The number of anilines is 1. The van der Waals surface area contributed by atoms with E-state index in [0.29, 0.717) is 6.61 Å². The van der Waals surface area contributed by atoms with Gasteiger partial charge in [-0.1, -0.05) is 6.07 Å². The molecule has 1 aromatic carbocycles. The summed E-state index contributed by atoms with van der Waals surface area (Å²) in [6.45, 7) is 1.32. The lowest BCUT2D eigenvalue weighted by Gasteiger charge is -2.26. The molecule has 18 heavy (non-hydrogen) atoms. The molecule has 2 aliphatic carbocycles. The van der Waals surface area contributed by atoms with Crippen molar-refractivity contribution in [3.8, 4) is 0 Å². The summed E-state index contributed by atoms with van der Waals surface area (Å²) in [5.41, 5.74) is 4.60. The minimum absolute atomic E-state index is 0.199. The molecular weight excluding hydrogens is 222 g/mol. The van der Waals surface area contributed by atoms with Gasteiger partial charge in [-0.3, -0.25) is 0 Å². The third-order valence-electron chi connectivity index (χ3n) is 4.64. The molecule has 0 atom stereocenters. The molecule has 1 N–H and O–H groups in total. The van der Waals surface area contributed by atoms with E-state index in [1.807, 2.05) is 0 Å². The first-order valence-electron chi connectivity index (χ1n) is 7.16. The molecule has 0 radical (unpaired) electrons. The van der Waals surface area contributed by atoms with Crippen molar-refractivity contribution < 1.29 is 5.11 Å². The van der Waals surface area contributed by atoms with Crippen LogP contribution in [0.15, 0.2) is 18.2 Å². The van der Waals surface area contributed by atoms with E-state index in [-0.39, 0.29) is 5.41 Å². The molecule has 2 heteroatoms. The molecule has 0 aromatic heterocycles. The van der Waals surface area contributed by atoms with E-state index in [1.165, 1.54) is 44.2 Å². The number of hydrogen-bond acceptors (Lipinski definition) is 2. The molecule has 0 bridgehead atoms. The van der Waals surface area contributed by atoms with E-state index >= 15 is 0 Å². The molecule has 0 spiro atoms. The molecule has 1 saturated carbocycles. The van der Waals surface area contributed by atoms with Crippen molar-refractivity contribution in [2.45, 2.75) is 38.5 Å². The van der Waals surface area contributed by atoms with E-state index in [2.05, 4.69) is 30.1 Å². The van der Waals surface area contributed by atoms with Gasteiger partial charge < -0.3 is 10.0 Å². The Kier molecular flexibility index (Phi) is 3.06. The summed E-state index contributed by atoms with van der Waals surface area (Å²) in [7, 11) is 2.15. The second-order valence-corrected chi connectivity index (χ2v) is 6.17. The fourth-order valence-electron chi connectivity index (χ4n) is 3.09. The number of hydrogen-bond donors (Lipinski definition) is 1. The molecule has 0 heterocycles. The SMILES string of the molecule is CN(CC1(CO)CC1)c1ccc2c(c1)CCCC2. The number of nitrogens with zero attached hydrogens (tertiary/aromatic N) is 1. The van der Waals surface area contributed by atoms with Crippen LogP contribution in [0.5, 0.6) is 0 Å². The monoisotopic (exact) mass is 245 g/mol. The maximum absolute atomic E-state index is 9.42. The van der Waals surface area contributed by atoms with Crippen molar-refractivity contribution in [2.24, 2.45) is 5.41 Å². The van der Waals surface area contributed by atoms with E-state index in [0.717, 1.165) is 6.54 Å². The minimum Gasteiger partial charge on any atom is -0.396 e. The van der Waals surface area contributed by atoms with E-state index in [4.69, 9.17) is 0 Å². The lowest BCUT2D eigenvalue weighted by Crippen LogP contribution is -2.28. The third-order valence-corrected chi connectivity index (χ3v) is 4.64. The Morgan fingerprint density at radius 1 is 1.17 bits per heavy atom. The minimum atomic E-state index is 0.199. The van der Waals surface area contributed by atoms with Crippen molar-refractivity contribution in [3.05, 3.63) is 29.3 Å². The third kappa shape index (κ3) is 2.26. The lowest BCUT2D eigenvalue weighted by molar-refractivity contribution is 0.215. The van der Waals surface area contributed by atoms with Crippen molar-refractivity contribution >= 4 is 5.69 Å². The van der Waals surface area contributed by atoms with Gasteiger partial charge in [-0.05, 0) is 61.8 Å². The molecule has 3 rings (SSSR count). The van der Waals surface area contributed by atoms with Gasteiger partial charge >= 0.3 is 0 Å². The summed E-state index contributed by atoms with van der Waals surface area (Å²) < 4.78 is 0. The van der Waals surface area contributed by atoms with Crippen LogP contribution in [-0.4, -0.2) is 25.3 Å². The molecule has 2 nitrogen and oxygen atoms in total. The predicted octanol–water partition coefficient (Wildman–Crippen LogP) is 2.77. The van der Waals surface area contributed by atoms with Crippen LogP contribution in [0, 0.1) is 5.41 Å². The van der Waals surface area contributed by atoms with Gasteiger partial charge in [0, 0.05) is 24.7 Å². The Bertz CT molecular complexity index is 437. The summed E-state index contributed by atoms with van der Waals surface area (Å²) in [5.74, 6) is 0. The van der Waals surface area contributed by atoms with E-state index in [9.17, 15) is 5.11 Å². The quantitative estimate of drug-likeness (QED) is 0.881. The van der Waals surface area contributed by atoms with E-state index < -0.39 is 0 Å². The Morgan fingerprint density at radius 2 is 1.89 bits per heavy atom. The van der Waals surface area contributed by atoms with Crippen LogP contribution >= 0.6 is 0 Å². The summed E-state index contributed by atoms with van der Waals surface area (Å²) in [6, 6.07) is 6.92. The lowest BCUT2D eigenvalue weighted by atomic mass is 9.91. The standard InChI is InChI=1S/C16H23NO/c1-17(11-16(12-18)8-9-16)15-7-6-13-4-2-3-5-14(13)10-15/h6-7,10,18H,2-5,8-9,11-12H2,1H3. The second kappa shape index (κ2) is 4.58. The summed E-state index contributed by atoms with van der Waals surface area (Å²) >= 11 is 0. The Morgan fingerprint density at radius 3 is 2.56 bits per heavy atom. The molecule has 2 aliphatic rings. The number of aliphatic hydroxyl groups is 1. The van der Waals surface area contributed by atoms with Crippen LogP contribution in [-0.2, 0) is 12.8 Å². The first-order valence-corrected chi connectivity index (χ1v) is 7.16. The zero-order valence-corrected chi connectivity index (χ0v) is 11.3. The van der Waals surface area contributed by atoms with Crippen molar-refractivity contribution in [2.75, 3.05) is 25.1 Å². The average molecular weight is 245 g/mol. The van der Waals surface area contributed by atoms with Crippen LogP contribution in [0.4, 0.5) is 5.69 Å². The van der Waals surface area contributed by atoms with Gasteiger partial charge in [-0.25, -0.2) is 0 Å². The summed E-state index contributed by atoms with van der Waals surface area (Å²) in [5, 5.41) is 9.42. The highest BCUT2D eigenvalue weighted by molar-refractivity contribution is 5.51. The van der Waals surface area contributed by atoms with Crippen LogP contribution in [0.25, 0.3) is 0 Å². The first kappa shape index (κ1) is 12.0. The fraction of sp³-hybridized carbons (Fsp3) is 0.625. The maximum atomic E-state index is 9.42. The van der Waals surface area contributed by atoms with Crippen molar-refractivity contribution in [3.63, 3.8) is 0 Å². The normalized spacial score (nSPS) is 20.3. The zero-order valence-electron chi connectivity index (χ0n) is 11.3. The first-order chi connectivity index (χ1) is 8.72. The second-order valence-electron chi connectivity index (χ2n) is 6.17. The molecule has 1 fully saturated rings. The number of aliphatic hydroxyl groups excluding tert-OH is 1. The van der Waals surface area contributed by atoms with Crippen molar-refractivity contribution in [1.29, 1.82) is 0 Å². The Labute approximate surface area is 110 Å². The molecular formula is C16H23NO. The van der Waals surface area contributed by atoms with Gasteiger partial charge in [0.05, 0.1) is 6.61 Å². The number of rotatable bonds is 4. The molecule has 0 aliphatic heterocycles. The Hall–Kier alpha value is -1.02. The molecule has 98 valence electrons. The van der Waals surface area contributed by atoms with Crippen LogP contribution in [0.1, 0.15) is 36.8 Å². The van der Waals surface area contributed by atoms with Gasteiger partial charge in [0.2, 0.25) is 0 Å². The molecule has 1 aromatic rings. The summed E-state index contributed by atoms with van der Waals surface area (Å²) in [4.78, 5) is 2.32. The van der Waals surface area contributed by atoms with Crippen LogP contribution in [0.2, 0.25) is 0 Å². The average Bonchev–Trinajstić information content (AvgIpc) is 3.18. The smallest absolute Gasteiger partial charge is 0.0504 e.